The zero-order valence-electron chi connectivity index (χ0n) is 17.2. The summed E-state index contributed by atoms with van der Waals surface area (Å²) in [6.45, 7) is 6.37. The monoisotopic (exact) mass is 389 g/mol. The number of aromatic nitrogens is 1. The summed E-state index contributed by atoms with van der Waals surface area (Å²) in [5.41, 5.74) is 7.24. The second kappa shape index (κ2) is 7.22. The molecule has 0 saturated carbocycles. The Morgan fingerprint density at radius 3 is 2.79 bits per heavy atom. The minimum absolute atomic E-state index is 0.0654. The molecule has 4 rings (SSSR count). The number of rotatable bonds is 4. The molecule has 0 bridgehead atoms. The van der Waals surface area contributed by atoms with E-state index in [1.54, 1.807) is 0 Å². The lowest BCUT2D eigenvalue weighted by atomic mass is 9.85. The predicted molar refractivity (Wildman–Crippen MR) is 116 cm³/mol. The van der Waals surface area contributed by atoms with E-state index in [1.807, 2.05) is 29.8 Å². The van der Waals surface area contributed by atoms with Crippen molar-refractivity contribution in [2.24, 2.45) is 0 Å². The number of aryl methyl sites for hydroxylation is 1. The molecule has 1 atom stereocenters. The number of nitrogens with zero attached hydrogens (tertiary/aromatic N) is 2. The molecule has 5 nitrogen and oxygen atoms in total. The van der Waals surface area contributed by atoms with E-state index in [0.717, 1.165) is 46.1 Å². The fraction of sp³-hybridized carbons (Fsp3) is 0.375. The highest BCUT2D eigenvalue weighted by molar-refractivity contribution is 5.99. The van der Waals surface area contributed by atoms with Gasteiger partial charge in [0.1, 0.15) is 0 Å². The number of nitrogens with one attached hydrogen (secondary N) is 1. The van der Waals surface area contributed by atoms with E-state index in [2.05, 4.69) is 43.4 Å². The molecular formula is C24H27N3O2. The van der Waals surface area contributed by atoms with E-state index in [9.17, 15) is 15.5 Å². The van der Waals surface area contributed by atoms with Crippen molar-refractivity contribution in [1.82, 2.24) is 4.57 Å². The van der Waals surface area contributed by atoms with Crippen LogP contribution >= 0.6 is 0 Å². The maximum Gasteiger partial charge on any atom is 0.0994 e. The number of hydrogen-bond donors (Lipinski definition) is 3. The molecule has 0 fully saturated rings. The average Bonchev–Trinajstić information content (AvgIpc) is 3.02. The van der Waals surface area contributed by atoms with Crippen molar-refractivity contribution in [2.45, 2.75) is 51.8 Å². The van der Waals surface area contributed by atoms with Gasteiger partial charge in [0, 0.05) is 33.9 Å². The van der Waals surface area contributed by atoms with Gasteiger partial charge in [-0.25, -0.2) is 0 Å². The van der Waals surface area contributed by atoms with Gasteiger partial charge in [0.2, 0.25) is 0 Å². The maximum absolute atomic E-state index is 10.0. The minimum atomic E-state index is -0.832. The van der Waals surface area contributed by atoms with Gasteiger partial charge < -0.3 is 20.1 Å². The fourth-order valence-corrected chi connectivity index (χ4v) is 4.30. The van der Waals surface area contributed by atoms with Crippen LogP contribution in [0, 0.1) is 18.3 Å². The molecule has 29 heavy (non-hydrogen) atoms. The Balaban J connectivity index is 1.94. The number of nitriles is 1. The highest BCUT2D eigenvalue weighted by atomic mass is 16.3. The van der Waals surface area contributed by atoms with Crippen molar-refractivity contribution >= 4 is 16.6 Å². The molecule has 3 N–H and O–H groups in total. The predicted octanol–water partition coefficient (Wildman–Crippen LogP) is 3.98. The summed E-state index contributed by atoms with van der Waals surface area (Å²) in [5.74, 6) is 0. The minimum Gasteiger partial charge on any atom is -0.394 e. The van der Waals surface area contributed by atoms with Crippen LogP contribution in [-0.4, -0.2) is 33.0 Å². The van der Waals surface area contributed by atoms with Crippen LogP contribution in [0.5, 0.6) is 0 Å². The summed E-state index contributed by atoms with van der Waals surface area (Å²) < 4.78 is 1.99. The molecular weight excluding hydrogens is 362 g/mol. The van der Waals surface area contributed by atoms with Gasteiger partial charge in [-0.05, 0) is 68.5 Å². The van der Waals surface area contributed by atoms with Crippen LogP contribution < -0.4 is 5.32 Å². The first-order chi connectivity index (χ1) is 13.8. The number of aliphatic hydroxyl groups is 2. The average molecular weight is 389 g/mol. The van der Waals surface area contributed by atoms with Crippen LogP contribution in [0.3, 0.4) is 0 Å². The number of hydrogen-bond acceptors (Lipinski definition) is 4. The summed E-state index contributed by atoms with van der Waals surface area (Å²) in [6.07, 6.45) is 3.23. The first-order valence-corrected chi connectivity index (χ1v) is 10.1. The Labute approximate surface area is 171 Å². The smallest absolute Gasteiger partial charge is 0.0994 e. The second-order valence-electron chi connectivity index (χ2n) is 8.67. The van der Waals surface area contributed by atoms with Gasteiger partial charge in [-0.15, -0.1) is 0 Å². The van der Waals surface area contributed by atoms with E-state index >= 15 is 0 Å². The number of aliphatic hydroxyl groups excluding tert-OH is 2. The van der Waals surface area contributed by atoms with Crippen molar-refractivity contribution in [1.29, 1.82) is 5.26 Å². The molecule has 1 aliphatic rings. The summed E-state index contributed by atoms with van der Waals surface area (Å²) in [4.78, 5) is 0. The van der Waals surface area contributed by atoms with Crippen molar-refractivity contribution in [3.8, 4) is 17.2 Å². The molecule has 0 radical (unpaired) electrons. The Morgan fingerprint density at radius 1 is 1.28 bits per heavy atom. The van der Waals surface area contributed by atoms with Crippen LogP contribution in [0.15, 0.2) is 36.5 Å². The normalized spacial score (nSPS) is 16.1. The van der Waals surface area contributed by atoms with Gasteiger partial charge in [-0.2, -0.15) is 5.26 Å². The molecule has 2 heterocycles. The van der Waals surface area contributed by atoms with E-state index in [1.165, 1.54) is 5.56 Å². The Kier molecular flexibility index (Phi) is 4.85. The third-order valence-corrected chi connectivity index (χ3v) is 5.91. The maximum atomic E-state index is 10.0. The molecule has 1 unspecified atom stereocenters. The molecule has 1 aliphatic heterocycles. The molecule has 3 aromatic rings. The third kappa shape index (κ3) is 3.50. The van der Waals surface area contributed by atoms with Crippen molar-refractivity contribution < 1.29 is 10.2 Å². The number of anilines is 1. The van der Waals surface area contributed by atoms with Gasteiger partial charge in [0.05, 0.1) is 30.9 Å². The fourth-order valence-electron chi connectivity index (χ4n) is 4.30. The Bertz CT molecular complexity index is 1120. The quantitative estimate of drug-likeness (QED) is 0.630. The van der Waals surface area contributed by atoms with Crippen LogP contribution in [-0.2, 0) is 13.0 Å². The summed E-state index contributed by atoms with van der Waals surface area (Å²) in [5, 5.41) is 33.5. The Morgan fingerprint density at radius 2 is 2.07 bits per heavy atom. The molecule has 2 aromatic carbocycles. The summed E-state index contributed by atoms with van der Waals surface area (Å²) in [7, 11) is 0. The molecule has 0 amide bonds. The standard InChI is InChI=1S/C24H27N3O2/c1-15-9-23-20(10-16(15)11-25)21(13-27(23)12-17(29)14-28)18-5-4-6-22-19(18)7-8-24(2,3)26-22/h4-6,9-10,13,17,26,28-29H,7-8,12,14H2,1-3H3. The summed E-state index contributed by atoms with van der Waals surface area (Å²) >= 11 is 0. The number of benzene rings is 2. The largest absolute Gasteiger partial charge is 0.394 e. The summed E-state index contributed by atoms with van der Waals surface area (Å²) in [6, 6.07) is 12.6. The van der Waals surface area contributed by atoms with E-state index in [-0.39, 0.29) is 12.1 Å². The van der Waals surface area contributed by atoms with Crippen molar-refractivity contribution in [2.75, 3.05) is 11.9 Å². The van der Waals surface area contributed by atoms with Gasteiger partial charge in [0.25, 0.3) is 0 Å². The number of fused-ring (bicyclic) bond motifs is 2. The lowest BCUT2D eigenvalue weighted by molar-refractivity contribution is 0.0822. The highest BCUT2D eigenvalue weighted by Crippen LogP contribution is 2.40. The SMILES string of the molecule is Cc1cc2c(cc1C#N)c(-c1cccc3c1CCC(C)(C)N3)cn2CC(O)CO. The van der Waals surface area contributed by atoms with Crippen molar-refractivity contribution in [3.63, 3.8) is 0 Å². The molecule has 0 aliphatic carbocycles. The second-order valence-corrected chi connectivity index (χ2v) is 8.67. The van der Waals surface area contributed by atoms with Crippen molar-refractivity contribution in [3.05, 3.63) is 53.2 Å². The molecule has 0 saturated heterocycles. The van der Waals surface area contributed by atoms with Crippen LogP contribution in [0.25, 0.3) is 22.0 Å². The van der Waals surface area contributed by atoms with Gasteiger partial charge in [-0.3, -0.25) is 0 Å². The molecule has 1 aromatic heterocycles. The van der Waals surface area contributed by atoms with E-state index < -0.39 is 6.10 Å². The molecule has 5 heteroatoms. The highest BCUT2D eigenvalue weighted by Gasteiger charge is 2.27. The lowest BCUT2D eigenvalue weighted by Crippen LogP contribution is -2.35. The topological polar surface area (TPSA) is 81.2 Å². The van der Waals surface area contributed by atoms with Crippen LogP contribution in [0.1, 0.15) is 37.0 Å². The van der Waals surface area contributed by atoms with Gasteiger partial charge in [-0.1, -0.05) is 12.1 Å². The first-order valence-electron chi connectivity index (χ1n) is 10.1. The Hall–Kier alpha value is -2.81. The zero-order chi connectivity index (χ0) is 20.8. The van der Waals surface area contributed by atoms with E-state index in [4.69, 9.17) is 0 Å². The first kappa shape index (κ1) is 19.5. The lowest BCUT2D eigenvalue weighted by Gasteiger charge is -2.34. The van der Waals surface area contributed by atoms with Gasteiger partial charge >= 0.3 is 0 Å². The zero-order valence-corrected chi connectivity index (χ0v) is 17.2. The van der Waals surface area contributed by atoms with Crippen LogP contribution in [0.4, 0.5) is 5.69 Å². The van der Waals surface area contributed by atoms with Gasteiger partial charge in [0.15, 0.2) is 0 Å². The third-order valence-electron chi connectivity index (χ3n) is 5.91. The molecule has 150 valence electrons. The van der Waals surface area contributed by atoms with E-state index in [0.29, 0.717) is 12.1 Å². The molecule has 0 spiro atoms. The van der Waals surface area contributed by atoms with Crippen LogP contribution in [0.2, 0.25) is 0 Å².